The maximum atomic E-state index is 13.6. The van der Waals surface area contributed by atoms with E-state index in [4.69, 9.17) is 20.9 Å². The van der Waals surface area contributed by atoms with E-state index in [9.17, 15) is 4.79 Å². The number of allylic oxidation sites excluding steroid dienone is 2. The highest BCUT2D eigenvalue weighted by Crippen LogP contribution is 2.36. The molecule has 0 bridgehead atoms. The van der Waals surface area contributed by atoms with Crippen LogP contribution in [0.2, 0.25) is 0 Å². The van der Waals surface area contributed by atoms with Crippen molar-refractivity contribution in [1.82, 2.24) is 15.3 Å². The summed E-state index contributed by atoms with van der Waals surface area (Å²) in [5, 5.41) is 2.95. The van der Waals surface area contributed by atoms with Crippen molar-refractivity contribution >= 4 is 11.9 Å². The van der Waals surface area contributed by atoms with Crippen LogP contribution in [-0.2, 0) is 14.9 Å². The SMILES string of the molecule is C=C(/C=C\C(=C/N)Oc1ccccc1)NC(=O)C1(c2ccc(-c3cnc(N)nc3)cc2)CCOCC1. The maximum Gasteiger partial charge on any atom is 0.235 e. The van der Waals surface area contributed by atoms with Crippen LogP contribution in [-0.4, -0.2) is 29.1 Å². The molecule has 8 nitrogen and oxygen atoms in total. The molecule has 1 aliphatic rings. The fourth-order valence-corrected chi connectivity index (χ4v) is 4.07. The molecular weight excluding hydrogens is 454 g/mol. The molecule has 0 atom stereocenters. The number of nitrogens with zero attached hydrogens (tertiary/aromatic N) is 2. The molecule has 0 aliphatic carbocycles. The molecule has 1 aliphatic heterocycles. The van der Waals surface area contributed by atoms with Crippen LogP contribution in [0.25, 0.3) is 11.1 Å². The van der Waals surface area contributed by atoms with Gasteiger partial charge in [-0.05, 0) is 48.3 Å². The van der Waals surface area contributed by atoms with Gasteiger partial charge in [0.1, 0.15) is 11.5 Å². The fourth-order valence-electron chi connectivity index (χ4n) is 4.07. The topological polar surface area (TPSA) is 125 Å². The summed E-state index contributed by atoms with van der Waals surface area (Å²) in [5.74, 6) is 1.18. The molecule has 36 heavy (non-hydrogen) atoms. The maximum absolute atomic E-state index is 13.6. The number of aromatic nitrogens is 2. The van der Waals surface area contributed by atoms with Gasteiger partial charge in [-0.2, -0.15) is 0 Å². The fraction of sp³-hybridized carbons (Fsp3) is 0.179. The summed E-state index contributed by atoms with van der Waals surface area (Å²) < 4.78 is 11.3. The van der Waals surface area contributed by atoms with Crippen LogP contribution in [0, 0.1) is 0 Å². The molecule has 0 unspecified atom stereocenters. The number of anilines is 1. The lowest BCUT2D eigenvalue weighted by atomic mass is 9.73. The van der Waals surface area contributed by atoms with Crippen molar-refractivity contribution in [3.8, 4) is 16.9 Å². The van der Waals surface area contributed by atoms with Gasteiger partial charge in [0.25, 0.3) is 0 Å². The Morgan fingerprint density at radius 1 is 1.00 bits per heavy atom. The molecule has 1 amide bonds. The van der Waals surface area contributed by atoms with Crippen molar-refractivity contribution in [3.63, 3.8) is 0 Å². The van der Waals surface area contributed by atoms with Crippen LogP contribution in [0.15, 0.2) is 103 Å². The highest BCUT2D eigenvalue weighted by Gasteiger charge is 2.41. The van der Waals surface area contributed by atoms with Crippen LogP contribution in [0.1, 0.15) is 18.4 Å². The first-order valence-corrected chi connectivity index (χ1v) is 11.6. The van der Waals surface area contributed by atoms with E-state index < -0.39 is 5.41 Å². The molecule has 3 aromatic rings. The predicted molar refractivity (Wildman–Crippen MR) is 139 cm³/mol. The molecule has 1 fully saturated rings. The second kappa shape index (κ2) is 11.3. The number of rotatable bonds is 8. The average molecular weight is 484 g/mol. The normalized spacial score (nSPS) is 15.4. The van der Waals surface area contributed by atoms with E-state index in [0.29, 0.717) is 43.3 Å². The molecule has 184 valence electrons. The van der Waals surface area contributed by atoms with Crippen molar-refractivity contribution in [2.75, 3.05) is 18.9 Å². The number of nitrogen functional groups attached to an aromatic ring is 1. The van der Waals surface area contributed by atoms with Gasteiger partial charge in [-0.1, -0.05) is 49.0 Å². The molecule has 0 saturated carbocycles. The van der Waals surface area contributed by atoms with Crippen LogP contribution in [0.4, 0.5) is 5.95 Å². The van der Waals surface area contributed by atoms with E-state index in [2.05, 4.69) is 21.9 Å². The highest BCUT2D eigenvalue weighted by atomic mass is 16.5. The zero-order chi connectivity index (χ0) is 25.4. The Morgan fingerprint density at radius 2 is 1.67 bits per heavy atom. The molecule has 1 saturated heterocycles. The van der Waals surface area contributed by atoms with Crippen LogP contribution in [0.3, 0.4) is 0 Å². The number of hydrogen-bond donors (Lipinski definition) is 3. The standard InChI is InChI=1S/C28H29N5O3/c1-20(7-12-25(17-29)36-24-5-3-2-4-6-24)33-26(34)28(13-15-35-16-14-28)23-10-8-21(9-11-23)22-18-31-27(30)32-19-22/h2-12,17-19H,1,13-16,29H2,(H,33,34)(H2,30,31,32)/b12-7-,25-17+. The third-order valence-corrected chi connectivity index (χ3v) is 6.09. The first-order valence-electron chi connectivity index (χ1n) is 11.6. The van der Waals surface area contributed by atoms with E-state index >= 15 is 0 Å². The summed E-state index contributed by atoms with van der Waals surface area (Å²) in [5.41, 5.74) is 13.7. The lowest BCUT2D eigenvalue weighted by Crippen LogP contribution is -2.47. The van der Waals surface area contributed by atoms with Crippen molar-refractivity contribution < 1.29 is 14.3 Å². The number of carbonyl (C=O) groups excluding carboxylic acids is 1. The number of carbonyl (C=O) groups is 1. The van der Waals surface area contributed by atoms with Crippen LogP contribution in [0.5, 0.6) is 5.75 Å². The Hall–Kier alpha value is -4.43. The molecule has 0 radical (unpaired) electrons. The molecule has 2 aromatic carbocycles. The average Bonchev–Trinajstić information content (AvgIpc) is 2.92. The number of nitrogens with two attached hydrogens (primary N) is 2. The molecule has 1 aromatic heterocycles. The van der Waals surface area contributed by atoms with E-state index in [1.807, 2.05) is 54.6 Å². The number of benzene rings is 2. The minimum Gasteiger partial charge on any atom is -0.456 e. The lowest BCUT2D eigenvalue weighted by Gasteiger charge is -2.36. The van der Waals surface area contributed by atoms with E-state index in [-0.39, 0.29) is 11.9 Å². The van der Waals surface area contributed by atoms with Gasteiger partial charge in [0.15, 0.2) is 0 Å². The quantitative estimate of drug-likeness (QED) is 0.328. The number of para-hydroxylation sites is 1. The summed E-state index contributed by atoms with van der Waals surface area (Å²) >= 11 is 0. The van der Waals surface area contributed by atoms with E-state index in [0.717, 1.165) is 16.7 Å². The summed E-state index contributed by atoms with van der Waals surface area (Å²) in [6.45, 7) is 4.98. The van der Waals surface area contributed by atoms with E-state index in [1.54, 1.807) is 24.5 Å². The van der Waals surface area contributed by atoms with Crippen molar-refractivity contribution in [1.29, 1.82) is 0 Å². The van der Waals surface area contributed by atoms with Crippen LogP contribution >= 0.6 is 0 Å². The Labute approximate surface area is 210 Å². The third kappa shape index (κ3) is 5.79. The summed E-state index contributed by atoms with van der Waals surface area (Å²) in [4.78, 5) is 21.7. The van der Waals surface area contributed by atoms with Crippen molar-refractivity contribution in [2.45, 2.75) is 18.3 Å². The van der Waals surface area contributed by atoms with Gasteiger partial charge in [-0.3, -0.25) is 4.79 Å². The Bertz CT molecular complexity index is 1250. The van der Waals surface area contributed by atoms with Gasteiger partial charge in [-0.25, -0.2) is 9.97 Å². The zero-order valence-corrected chi connectivity index (χ0v) is 19.9. The Morgan fingerprint density at radius 3 is 2.31 bits per heavy atom. The number of nitrogens with one attached hydrogen (secondary N) is 1. The Balaban J connectivity index is 1.48. The summed E-state index contributed by atoms with van der Waals surface area (Å²) in [7, 11) is 0. The second-order valence-electron chi connectivity index (χ2n) is 8.40. The third-order valence-electron chi connectivity index (χ3n) is 6.09. The number of ether oxygens (including phenoxy) is 2. The minimum absolute atomic E-state index is 0.133. The van der Waals surface area contributed by atoms with Crippen LogP contribution < -0.4 is 21.5 Å². The first kappa shape index (κ1) is 24.7. The number of hydrogen-bond acceptors (Lipinski definition) is 7. The molecule has 4 rings (SSSR count). The molecule has 0 spiro atoms. The van der Waals surface area contributed by atoms with Gasteiger partial charge in [-0.15, -0.1) is 0 Å². The largest absolute Gasteiger partial charge is 0.456 e. The Kier molecular flexibility index (Phi) is 7.77. The van der Waals surface area contributed by atoms with Gasteiger partial charge in [0.2, 0.25) is 11.9 Å². The highest BCUT2D eigenvalue weighted by molar-refractivity contribution is 5.90. The molecule has 2 heterocycles. The van der Waals surface area contributed by atoms with Gasteiger partial charge < -0.3 is 26.3 Å². The monoisotopic (exact) mass is 483 g/mol. The van der Waals surface area contributed by atoms with Gasteiger partial charge in [0, 0.05) is 43.1 Å². The number of amides is 1. The molecule has 8 heteroatoms. The lowest BCUT2D eigenvalue weighted by molar-refractivity contribution is -0.129. The second-order valence-corrected chi connectivity index (χ2v) is 8.40. The molecule has 5 N–H and O–H groups in total. The molecular formula is C28H29N5O3. The summed E-state index contributed by atoms with van der Waals surface area (Å²) in [6, 6.07) is 17.2. The van der Waals surface area contributed by atoms with Gasteiger partial charge in [0.05, 0.1) is 5.41 Å². The summed E-state index contributed by atoms with van der Waals surface area (Å²) in [6.07, 6.45) is 9.15. The first-order chi connectivity index (χ1) is 17.5. The zero-order valence-electron chi connectivity index (χ0n) is 19.9. The van der Waals surface area contributed by atoms with E-state index in [1.165, 1.54) is 6.20 Å². The predicted octanol–water partition coefficient (Wildman–Crippen LogP) is 3.84. The van der Waals surface area contributed by atoms with Crippen molar-refractivity contribution in [3.05, 3.63) is 109 Å². The smallest absolute Gasteiger partial charge is 0.235 e. The minimum atomic E-state index is -0.738. The van der Waals surface area contributed by atoms with Gasteiger partial charge >= 0.3 is 0 Å². The van der Waals surface area contributed by atoms with Crippen molar-refractivity contribution in [2.24, 2.45) is 5.73 Å².